The normalized spacial score (nSPS) is 20.5. The fraction of sp³-hybridized carbons (Fsp3) is 0.458. The van der Waals surface area contributed by atoms with Crippen LogP contribution in [-0.2, 0) is 16.1 Å². The summed E-state index contributed by atoms with van der Waals surface area (Å²) in [5.41, 5.74) is 1.89. The van der Waals surface area contributed by atoms with Crippen LogP contribution < -0.4 is 10.1 Å². The minimum absolute atomic E-state index is 0.0147. The first kappa shape index (κ1) is 20.4. The molecular formula is C24H29N3O3. The zero-order valence-electron chi connectivity index (χ0n) is 17.6. The van der Waals surface area contributed by atoms with Crippen LogP contribution in [-0.4, -0.2) is 40.9 Å². The van der Waals surface area contributed by atoms with E-state index in [1.165, 1.54) is 0 Å². The highest BCUT2D eigenvalue weighted by molar-refractivity contribution is 5.83. The highest BCUT2D eigenvalue weighted by Crippen LogP contribution is 2.59. The van der Waals surface area contributed by atoms with Crippen LogP contribution in [0.1, 0.15) is 37.6 Å². The van der Waals surface area contributed by atoms with Crippen molar-refractivity contribution in [2.75, 3.05) is 13.1 Å². The SMILES string of the molecule is Cc1cccc(CNC(=O)[C@@H]2CC23CCN(C(=O)[C@H](C)Oc2ccccc2)CC3)n1. The number of nitrogens with zero attached hydrogens (tertiary/aromatic N) is 2. The molecule has 158 valence electrons. The molecule has 2 fully saturated rings. The number of likely N-dealkylation sites (tertiary alicyclic amines) is 1. The standard InChI is InChI=1S/C24H29N3O3/c1-17-7-6-8-19(26-17)16-25-22(28)21-15-24(21)11-13-27(14-12-24)23(29)18(2)30-20-9-4-3-5-10-20/h3-10,18,21H,11-16H2,1-2H3,(H,25,28)/t18-,21-/m0/s1. The quantitative estimate of drug-likeness (QED) is 0.799. The van der Waals surface area contributed by atoms with Crippen molar-refractivity contribution >= 4 is 11.8 Å². The summed E-state index contributed by atoms with van der Waals surface area (Å²) in [6, 6.07) is 15.2. The largest absolute Gasteiger partial charge is 0.481 e. The zero-order chi connectivity index (χ0) is 21.1. The number of carbonyl (C=O) groups excluding carboxylic acids is 2. The third-order valence-corrected chi connectivity index (χ3v) is 6.37. The van der Waals surface area contributed by atoms with Gasteiger partial charge in [0.25, 0.3) is 5.91 Å². The molecule has 1 aliphatic heterocycles. The van der Waals surface area contributed by atoms with Gasteiger partial charge in [0.2, 0.25) is 5.91 Å². The van der Waals surface area contributed by atoms with E-state index in [9.17, 15) is 9.59 Å². The molecule has 1 saturated carbocycles. The van der Waals surface area contributed by atoms with Crippen molar-refractivity contribution in [3.63, 3.8) is 0 Å². The van der Waals surface area contributed by atoms with Gasteiger partial charge in [0, 0.05) is 24.7 Å². The number of pyridine rings is 1. The molecule has 0 unspecified atom stereocenters. The molecule has 1 N–H and O–H groups in total. The van der Waals surface area contributed by atoms with E-state index in [1.54, 1.807) is 6.92 Å². The summed E-state index contributed by atoms with van der Waals surface area (Å²) in [6.07, 6.45) is 2.15. The van der Waals surface area contributed by atoms with Crippen molar-refractivity contribution in [1.29, 1.82) is 0 Å². The summed E-state index contributed by atoms with van der Waals surface area (Å²) in [7, 11) is 0. The molecular weight excluding hydrogens is 378 g/mol. The predicted octanol–water partition coefficient (Wildman–Crippen LogP) is 3.10. The summed E-state index contributed by atoms with van der Waals surface area (Å²) in [5.74, 6) is 0.881. The number of carbonyl (C=O) groups is 2. The number of amides is 2. The van der Waals surface area contributed by atoms with E-state index in [2.05, 4.69) is 10.3 Å². The molecule has 1 spiro atoms. The Hall–Kier alpha value is -2.89. The van der Waals surface area contributed by atoms with E-state index in [1.807, 2.05) is 60.4 Å². The summed E-state index contributed by atoms with van der Waals surface area (Å²) in [6.45, 7) is 5.58. The van der Waals surface area contributed by atoms with Gasteiger partial charge in [-0.3, -0.25) is 14.6 Å². The minimum Gasteiger partial charge on any atom is -0.481 e. The molecule has 0 bridgehead atoms. The van der Waals surface area contributed by atoms with Crippen LogP contribution in [0.4, 0.5) is 0 Å². The number of benzene rings is 1. The van der Waals surface area contributed by atoms with E-state index in [4.69, 9.17) is 4.74 Å². The highest BCUT2D eigenvalue weighted by atomic mass is 16.5. The van der Waals surface area contributed by atoms with Gasteiger partial charge in [0.15, 0.2) is 6.10 Å². The lowest BCUT2D eigenvalue weighted by atomic mass is 9.90. The van der Waals surface area contributed by atoms with Gasteiger partial charge in [-0.1, -0.05) is 24.3 Å². The Morgan fingerprint density at radius 1 is 1.17 bits per heavy atom. The molecule has 1 aliphatic carbocycles. The van der Waals surface area contributed by atoms with Crippen LogP contribution in [0.25, 0.3) is 0 Å². The van der Waals surface area contributed by atoms with E-state index in [0.717, 1.165) is 30.7 Å². The maximum atomic E-state index is 12.8. The number of rotatable bonds is 6. The lowest BCUT2D eigenvalue weighted by Gasteiger charge is -2.34. The van der Waals surface area contributed by atoms with Crippen LogP contribution >= 0.6 is 0 Å². The molecule has 2 aromatic rings. The van der Waals surface area contributed by atoms with Gasteiger partial charge in [-0.15, -0.1) is 0 Å². The van der Waals surface area contributed by atoms with E-state index >= 15 is 0 Å². The minimum atomic E-state index is -0.512. The molecule has 2 heterocycles. The second-order valence-corrected chi connectivity index (χ2v) is 8.51. The zero-order valence-corrected chi connectivity index (χ0v) is 17.6. The average molecular weight is 408 g/mol. The van der Waals surface area contributed by atoms with E-state index in [-0.39, 0.29) is 23.1 Å². The number of hydrogen-bond donors (Lipinski definition) is 1. The lowest BCUT2D eigenvalue weighted by Crippen LogP contribution is -2.45. The second-order valence-electron chi connectivity index (χ2n) is 8.51. The first-order valence-corrected chi connectivity index (χ1v) is 10.7. The summed E-state index contributed by atoms with van der Waals surface area (Å²) in [5, 5.41) is 3.04. The first-order chi connectivity index (χ1) is 14.5. The maximum Gasteiger partial charge on any atom is 0.263 e. The molecule has 4 rings (SSSR count). The fourth-order valence-corrected chi connectivity index (χ4v) is 4.45. The lowest BCUT2D eigenvalue weighted by molar-refractivity contribution is -0.139. The molecule has 6 nitrogen and oxygen atoms in total. The van der Waals surface area contributed by atoms with Gasteiger partial charge >= 0.3 is 0 Å². The monoisotopic (exact) mass is 407 g/mol. The molecule has 2 atom stereocenters. The van der Waals surface area contributed by atoms with Gasteiger partial charge in [-0.05, 0) is 62.8 Å². The van der Waals surface area contributed by atoms with Gasteiger partial charge in [-0.25, -0.2) is 0 Å². The first-order valence-electron chi connectivity index (χ1n) is 10.7. The smallest absolute Gasteiger partial charge is 0.263 e. The molecule has 2 aliphatic rings. The van der Waals surface area contributed by atoms with Crippen molar-refractivity contribution in [1.82, 2.24) is 15.2 Å². The number of ether oxygens (including phenoxy) is 1. The Balaban J connectivity index is 1.24. The molecule has 1 saturated heterocycles. The highest BCUT2D eigenvalue weighted by Gasteiger charge is 2.58. The second kappa shape index (κ2) is 8.46. The molecule has 2 amide bonds. The van der Waals surface area contributed by atoms with Gasteiger partial charge in [-0.2, -0.15) is 0 Å². The third kappa shape index (κ3) is 4.48. The van der Waals surface area contributed by atoms with Gasteiger partial charge in [0.1, 0.15) is 5.75 Å². The maximum absolute atomic E-state index is 12.8. The fourth-order valence-electron chi connectivity index (χ4n) is 4.45. The van der Waals surface area contributed by atoms with E-state index in [0.29, 0.717) is 25.4 Å². The molecule has 0 radical (unpaired) electrons. The molecule has 1 aromatic carbocycles. The van der Waals surface area contributed by atoms with Crippen LogP contribution in [0.3, 0.4) is 0 Å². The number of aromatic nitrogens is 1. The number of aryl methyl sites for hydroxylation is 1. The van der Waals surface area contributed by atoms with Crippen LogP contribution in [0, 0.1) is 18.3 Å². The summed E-state index contributed by atoms with van der Waals surface area (Å²) < 4.78 is 5.78. The predicted molar refractivity (Wildman–Crippen MR) is 114 cm³/mol. The molecule has 30 heavy (non-hydrogen) atoms. The Morgan fingerprint density at radius 3 is 2.60 bits per heavy atom. The van der Waals surface area contributed by atoms with Crippen molar-refractivity contribution in [2.24, 2.45) is 11.3 Å². The number of para-hydroxylation sites is 1. The molecule has 1 aromatic heterocycles. The van der Waals surface area contributed by atoms with Gasteiger partial charge < -0.3 is 15.0 Å². The third-order valence-electron chi connectivity index (χ3n) is 6.37. The summed E-state index contributed by atoms with van der Waals surface area (Å²) in [4.78, 5) is 31.7. The van der Waals surface area contributed by atoms with Gasteiger partial charge in [0.05, 0.1) is 12.2 Å². The number of nitrogens with one attached hydrogen (secondary N) is 1. The van der Waals surface area contributed by atoms with Crippen LogP contribution in [0.5, 0.6) is 5.75 Å². The van der Waals surface area contributed by atoms with Crippen molar-refractivity contribution in [2.45, 2.75) is 45.8 Å². The van der Waals surface area contributed by atoms with Crippen LogP contribution in [0.2, 0.25) is 0 Å². The van der Waals surface area contributed by atoms with Crippen LogP contribution in [0.15, 0.2) is 48.5 Å². The summed E-state index contributed by atoms with van der Waals surface area (Å²) >= 11 is 0. The topological polar surface area (TPSA) is 71.5 Å². The Morgan fingerprint density at radius 2 is 1.90 bits per heavy atom. The average Bonchev–Trinajstić information content (AvgIpc) is 3.46. The Labute approximate surface area is 177 Å². The van der Waals surface area contributed by atoms with Crippen molar-refractivity contribution < 1.29 is 14.3 Å². The Kier molecular flexibility index (Phi) is 5.75. The van der Waals surface area contributed by atoms with E-state index < -0.39 is 6.10 Å². The van der Waals surface area contributed by atoms with Crippen molar-refractivity contribution in [3.05, 3.63) is 59.9 Å². The number of piperidine rings is 1. The Bertz CT molecular complexity index is 907. The number of hydrogen-bond acceptors (Lipinski definition) is 4. The molecule has 6 heteroatoms. The van der Waals surface area contributed by atoms with Crippen molar-refractivity contribution in [3.8, 4) is 5.75 Å².